The number of amides is 1. The average Bonchev–Trinajstić information content (AvgIpc) is 2.38. The van der Waals surface area contributed by atoms with Crippen molar-refractivity contribution < 1.29 is 13.2 Å². The summed E-state index contributed by atoms with van der Waals surface area (Å²) < 4.78 is 23.8. The van der Waals surface area contributed by atoms with E-state index in [1.165, 1.54) is 12.1 Å². The van der Waals surface area contributed by atoms with E-state index in [1.54, 1.807) is 36.4 Å². The lowest BCUT2D eigenvalue weighted by Crippen LogP contribution is -2.12. The van der Waals surface area contributed by atoms with E-state index in [0.29, 0.717) is 11.3 Å². The number of rotatable bonds is 3. The third-order valence-electron chi connectivity index (χ3n) is 2.63. The zero-order chi connectivity index (χ0) is 14.8. The quantitative estimate of drug-likeness (QED) is 0.921. The molecule has 0 heterocycles. The Kier molecular flexibility index (Phi) is 4.25. The Morgan fingerprint density at radius 1 is 1.10 bits per heavy atom. The Morgan fingerprint density at radius 3 is 2.35 bits per heavy atom. The van der Waals surface area contributed by atoms with Gasteiger partial charge in [0.2, 0.25) is 0 Å². The molecule has 2 rings (SSSR count). The number of sulfone groups is 1. The third kappa shape index (κ3) is 3.68. The summed E-state index contributed by atoms with van der Waals surface area (Å²) in [5.74, 6) is -0.289. The number of nitrogens with one attached hydrogen (secondary N) is 1. The predicted molar refractivity (Wildman–Crippen MR) is 81.6 cm³/mol. The van der Waals surface area contributed by atoms with Crippen LogP contribution in [0.15, 0.2) is 57.9 Å². The fraction of sp³-hybridized carbons (Fsp3) is 0.0714. The van der Waals surface area contributed by atoms with Crippen molar-refractivity contribution in [3.05, 3.63) is 58.6 Å². The minimum Gasteiger partial charge on any atom is -0.322 e. The molecule has 1 N–H and O–H groups in total. The van der Waals surface area contributed by atoms with Crippen LogP contribution in [0.1, 0.15) is 10.4 Å². The van der Waals surface area contributed by atoms with Crippen LogP contribution in [0, 0.1) is 0 Å². The molecule has 2 aromatic carbocycles. The smallest absolute Gasteiger partial charge is 0.255 e. The van der Waals surface area contributed by atoms with Gasteiger partial charge in [0, 0.05) is 22.0 Å². The van der Waals surface area contributed by atoms with Gasteiger partial charge in [0.15, 0.2) is 9.84 Å². The number of carbonyl (C=O) groups is 1. The maximum absolute atomic E-state index is 12.0. The summed E-state index contributed by atoms with van der Waals surface area (Å²) in [6.45, 7) is 0. The van der Waals surface area contributed by atoms with Crippen molar-refractivity contribution in [2.45, 2.75) is 4.90 Å². The van der Waals surface area contributed by atoms with E-state index in [4.69, 9.17) is 0 Å². The van der Waals surface area contributed by atoms with Gasteiger partial charge in [-0.1, -0.05) is 22.0 Å². The number of hydrogen-bond acceptors (Lipinski definition) is 3. The van der Waals surface area contributed by atoms with Crippen LogP contribution in [-0.2, 0) is 9.84 Å². The number of anilines is 1. The van der Waals surface area contributed by atoms with E-state index in [1.807, 2.05) is 0 Å². The highest BCUT2D eigenvalue weighted by Crippen LogP contribution is 2.17. The first-order chi connectivity index (χ1) is 9.36. The lowest BCUT2D eigenvalue weighted by Gasteiger charge is -2.07. The fourth-order valence-corrected chi connectivity index (χ4v) is 2.54. The molecule has 0 unspecified atom stereocenters. The summed E-state index contributed by atoms with van der Waals surface area (Å²) in [6, 6.07) is 13.1. The molecule has 0 aliphatic heterocycles. The lowest BCUT2D eigenvalue weighted by molar-refractivity contribution is 0.102. The van der Waals surface area contributed by atoms with E-state index in [9.17, 15) is 13.2 Å². The van der Waals surface area contributed by atoms with Gasteiger partial charge >= 0.3 is 0 Å². The summed E-state index contributed by atoms with van der Waals surface area (Å²) in [6.07, 6.45) is 1.13. The van der Waals surface area contributed by atoms with Gasteiger partial charge in [-0.25, -0.2) is 8.42 Å². The molecule has 0 bridgehead atoms. The van der Waals surface area contributed by atoms with E-state index in [0.717, 1.165) is 10.7 Å². The Balaban J connectivity index is 2.22. The number of carbonyl (C=O) groups excluding carboxylic acids is 1. The summed E-state index contributed by atoms with van der Waals surface area (Å²) in [5, 5.41) is 2.67. The molecule has 0 fully saturated rings. The summed E-state index contributed by atoms with van der Waals surface area (Å²) in [5.41, 5.74) is 0.943. The van der Waals surface area contributed by atoms with Crippen LogP contribution >= 0.6 is 15.9 Å². The van der Waals surface area contributed by atoms with Crippen molar-refractivity contribution in [2.24, 2.45) is 0 Å². The van der Waals surface area contributed by atoms with Gasteiger partial charge in [-0.2, -0.15) is 0 Å². The highest BCUT2D eigenvalue weighted by atomic mass is 79.9. The zero-order valence-electron chi connectivity index (χ0n) is 10.6. The van der Waals surface area contributed by atoms with Crippen LogP contribution in [0.25, 0.3) is 0 Å². The molecule has 0 aliphatic carbocycles. The lowest BCUT2D eigenvalue weighted by atomic mass is 10.2. The first-order valence-corrected chi connectivity index (χ1v) is 8.42. The average molecular weight is 354 g/mol. The molecule has 0 aromatic heterocycles. The van der Waals surface area contributed by atoms with Crippen molar-refractivity contribution in [3.63, 3.8) is 0 Å². The van der Waals surface area contributed by atoms with E-state index in [2.05, 4.69) is 21.2 Å². The van der Waals surface area contributed by atoms with Crippen molar-refractivity contribution >= 4 is 37.4 Å². The Labute approximate surface area is 125 Å². The molecule has 20 heavy (non-hydrogen) atoms. The first-order valence-electron chi connectivity index (χ1n) is 5.73. The van der Waals surface area contributed by atoms with Crippen LogP contribution < -0.4 is 5.32 Å². The van der Waals surface area contributed by atoms with Gasteiger partial charge < -0.3 is 5.32 Å². The van der Waals surface area contributed by atoms with Crippen LogP contribution in [0.5, 0.6) is 0 Å². The van der Waals surface area contributed by atoms with Crippen molar-refractivity contribution in [1.29, 1.82) is 0 Å². The number of halogens is 1. The van der Waals surface area contributed by atoms with E-state index < -0.39 is 9.84 Å². The second kappa shape index (κ2) is 5.76. The SMILES string of the molecule is CS(=O)(=O)c1cccc(NC(=O)c2ccc(Br)cc2)c1. The molecule has 0 aliphatic rings. The molecule has 1 amide bonds. The number of benzene rings is 2. The zero-order valence-corrected chi connectivity index (χ0v) is 13.0. The second-order valence-electron chi connectivity index (χ2n) is 4.26. The molecule has 0 saturated heterocycles. The molecule has 0 saturated carbocycles. The Morgan fingerprint density at radius 2 is 1.75 bits per heavy atom. The summed E-state index contributed by atoms with van der Waals surface area (Å²) in [7, 11) is -3.29. The Hall–Kier alpha value is -1.66. The van der Waals surface area contributed by atoms with Gasteiger partial charge in [0.25, 0.3) is 5.91 Å². The fourth-order valence-electron chi connectivity index (χ4n) is 1.61. The largest absolute Gasteiger partial charge is 0.322 e. The van der Waals surface area contributed by atoms with E-state index >= 15 is 0 Å². The molecule has 6 heteroatoms. The van der Waals surface area contributed by atoms with Crippen LogP contribution in [0.4, 0.5) is 5.69 Å². The molecular formula is C14H12BrNO3S. The van der Waals surface area contributed by atoms with Crippen LogP contribution in [-0.4, -0.2) is 20.6 Å². The molecule has 0 radical (unpaired) electrons. The van der Waals surface area contributed by atoms with Gasteiger partial charge in [0.05, 0.1) is 4.90 Å². The molecule has 0 spiro atoms. The topological polar surface area (TPSA) is 63.2 Å². The normalized spacial score (nSPS) is 11.1. The molecule has 104 valence electrons. The molecular weight excluding hydrogens is 342 g/mol. The van der Waals surface area contributed by atoms with Crippen molar-refractivity contribution in [1.82, 2.24) is 0 Å². The summed E-state index contributed by atoms with van der Waals surface area (Å²) in [4.78, 5) is 12.2. The molecule has 2 aromatic rings. The van der Waals surface area contributed by atoms with Gasteiger partial charge in [-0.3, -0.25) is 4.79 Å². The van der Waals surface area contributed by atoms with Crippen molar-refractivity contribution in [2.75, 3.05) is 11.6 Å². The van der Waals surface area contributed by atoms with E-state index in [-0.39, 0.29) is 10.8 Å². The summed E-state index contributed by atoms with van der Waals surface area (Å²) >= 11 is 3.29. The van der Waals surface area contributed by atoms with Crippen molar-refractivity contribution in [3.8, 4) is 0 Å². The first kappa shape index (κ1) is 14.7. The van der Waals surface area contributed by atoms with Crippen LogP contribution in [0.3, 0.4) is 0 Å². The molecule has 0 atom stereocenters. The minimum atomic E-state index is -3.29. The van der Waals surface area contributed by atoms with Crippen LogP contribution in [0.2, 0.25) is 0 Å². The maximum Gasteiger partial charge on any atom is 0.255 e. The highest BCUT2D eigenvalue weighted by Gasteiger charge is 2.10. The third-order valence-corrected chi connectivity index (χ3v) is 4.27. The molecule has 4 nitrogen and oxygen atoms in total. The Bertz CT molecular complexity index is 739. The van der Waals surface area contributed by atoms with Gasteiger partial charge in [0.1, 0.15) is 0 Å². The van der Waals surface area contributed by atoms with Gasteiger partial charge in [-0.05, 0) is 42.5 Å². The van der Waals surface area contributed by atoms with Gasteiger partial charge in [-0.15, -0.1) is 0 Å². The predicted octanol–water partition coefficient (Wildman–Crippen LogP) is 3.10. The maximum atomic E-state index is 12.0. The highest BCUT2D eigenvalue weighted by molar-refractivity contribution is 9.10. The standard InChI is InChI=1S/C14H12BrNO3S/c1-20(18,19)13-4-2-3-12(9-13)16-14(17)10-5-7-11(15)8-6-10/h2-9H,1H3,(H,16,17). The monoisotopic (exact) mass is 353 g/mol. The second-order valence-corrected chi connectivity index (χ2v) is 7.19. The minimum absolute atomic E-state index is 0.172. The number of hydrogen-bond donors (Lipinski definition) is 1.